The molecule has 0 aliphatic heterocycles. The van der Waals surface area contributed by atoms with Gasteiger partial charge in [-0.05, 0) is 12.5 Å². The minimum absolute atomic E-state index is 1.10. The third-order valence-electron chi connectivity index (χ3n) is 9.06. The van der Waals surface area contributed by atoms with E-state index in [9.17, 15) is 0 Å². The van der Waals surface area contributed by atoms with Crippen LogP contribution < -0.4 is 0 Å². The van der Waals surface area contributed by atoms with E-state index in [4.69, 9.17) is 22.2 Å². The topological polar surface area (TPSA) is 0 Å². The maximum Gasteiger partial charge on any atom is 0.237 e. The average molecular weight is 699 g/mol. The Bertz CT molecular complexity index is 449. The molecule has 0 rings (SSSR count). The van der Waals surface area contributed by atoms with Crippen LogP contribution in [0.4, 0.5) is 0 Å². The first-order valence-electron chi connectivity index (χ1n) is 19.1. The SMILES string of the molecule is Cl[SiH](Cl)CCCCCCCCCCCCCCCCCCCCCCCCCCCCCCCCCCCCCBr. The number of hydrogen-bond acceptors (Lipinski definition) is 0. The lowest BCUT2D eigenvalue weighted by molar-refractivity contribution is 0.511. The molecule has 0 saturated carbocycles. The van der Waals surface area contributed by atoms with Gasteiger partial charge in [-0.15, -0.1) is 0 Å². The summed E-state index contributed by atoms with van der Waals surface area (Å²) < 4.78 is 0. The summed E-state index contributed by atoms with van der Waals surface area (Å²) in [5.74, 6) is 0. The fourth-order valence-corrected chi connectivity index (χ4v) is 8.15. The number of unbranched alkanes of at least 4 members (excludes halogenated alkanes) is 34. The van der Waals surface area contributed by atoms with Gasteiger partial charge in [-0.1, -0.05) is 234 Å². The molecule has 0 radical (unpaired) electrons. The third kappa shape index (κ3) is 41.3. The Labute approximate surface area is 280 Å². The number of alkyl halides is 1. The summed E-state index contributed by atoms with van der Waals surface area (Å²) >= 11 is 15.3. The molecule has 0 aliphatic carbocycles. The zero-order chi connectivity index (χ0) is 29.7. The van der Waals surface area contributed by atoms with E-state index in [0.29, 0.717) is 0 Å². The Kier molecular flexibility index (Phi) is 40.5. The zero-order valence-corrected chi connectivity index (χ0v) is 32.1. The van der Waals surface area contributed by atoms with Gasteiger partial charge in [-0.25, -0.2) is 0 Å². The molecule has 0 atom stereocenters. The molecule has 0 amide bonds. The monoisotopic (exact) mass is 696 g/mol. The van der Waals surface area contributed by atoms with Crippen LogP contribution in [-0.2, 0) is 0 Å². The lowest BCUT2D eigenvalue weighted by atomic mass is 10.0. The van der Waals surface area contributed by atoms with E-state index in [-0.39, 0.29) is 0 Å². The van der Waals surface area contributed by atoms with Crippen molar-refractivity contribution in [2.24, 2.45) is 0 Å². The highest BCUT2D eigenvalue weighted by molar-refractivity contribution is 9.09. The van der Waals surface area contributed by atoms with Crippen molar-refractivity contribution in [3.63, 3.8) is 0 Å². The minimum atomic E-state index is -1.34. The Hall–Kier alpha value is 1.28. The second-order valence-corrected chi connectivity index (χ2v) is 19.2. The van der Waals surface area contributed by atoms with Gasteiger partial charge in [0.15, 0.2) is 0 Å². The second kappa shape index (κ2) is 39.3. The van der Waals surface area contributed by atoms with E-state index in [1.165, 1.54) is 230 Å². The first-order valence-corrected chi connectivity index (χ1v) is 24.5. The minimum Gasteiger partial charge on any atom is -0.150 e. The molecule has 0 saturated heterocycles. The smallest absolute Gasteiger partial charge is 0.150 e. The number of rotatable bonds is 37. The van der Waals surface area contributed by atoms with Crippen molar-refractivity contribution < 1.29 is 0 Å². The van der Waals surface area contributed by atoms with Gasteiger partial charge >= 0.3 is 0 Å². The first-order chi connectivity index (χ1) is 20.3. The van der Waals surface area contributed by atoms with Crippen LogP contribution in [0, 0.1) is 0 Å². The molecule has 0 nitrogen and oxygen atoms in total. The highest BCUT2D eigenvalue weighted by Crippen LogP contribution is 2.18. The van der Waals surface area contributed by atoms with Crippen molar-refractivity contribution in [2.75, 3.05) is 5.33 Å². The molecule has 0 unspecified atom stereocenters. The third-order valence-corrected chi connectivity index (χ3v) is 11.8. The lowest BCUT2D eigenvalue weighted by Gasteiger charge is -2.05. The van der Waals surface area contributed by atoms with E-state index >= 15 is 0 Å². The maximum atomic E-state index is 5.91. The highest BCUT2D eigenvalue weighted by atomic mass is 79.9. The van der Waals surface area contributed by atoms with Crippen molar-refractivity contribution in [3.8, 4) is 0 Å². The van der Waals surface area contributed by atoms with Crippen LogP contribution >= 0.6 is 38.1 Å². The summed E-state index contributed by atoms with van der Waals surface area (Å²) in [6, 6.07) is 1.10. The molecule has 0 aromatic rings. The zero-order valence-electron chi connectivity index (χ0n) is 27.9. The van der Waals surface area contributed by atoms with Crippen LogP contribution in [0.1, 0.15) is 225 Å². The van der Waals surface area contributed by atoms with Crippen LogP contribution in [0.15, 0.2) is 0 Å². The van der Waals surface area contributed by atoms with Crippen molar-refractivity contribution in [3.05, 3.63) is 0 Å². The molecule has 0 spiro atoms. The van der Waals surface area contributed by atoms with Gasteiger partial charge in [0.25, 0.3) is 0 Å². The molecule has 41 heavy (non-hydrogen) atoms. The fourth-order valence-electron chi connectivity index (χ4n) is 6.23. The summed E-state index contributed by atoms with van der Waals surface area (Å²) in [4.78, 5) is 0. The van der Waals surface area contributed by atoms with Crippen LogP contribution in [0.25, 0.3) is 0 Å². The van der Waals surface area contributed by atoms with Gasteiger partial charge in [0.05, 0.1) is 0 Å². The molecule has 0 aromatic carbocycles. The largest absolute Gasteiger partial charge is 0.237 e. The van der Waals surface area contributed by atoms with Gasteiger partial charge in [-0.3, -0.25) is 0 Å². The Balaban J connectivity index is 3.03. The molecule has 0 heterocycles. The van der Waals surface area contributed by atoms with Gasteiger partial charge in [0.1, 0.15) is 0 Å². The van der Waals surface area contributed by atoms with Crippen LogP contribution in [0.5, 0.6) is 0 Å². The summed E-state index contributed by atoms with van der Waals surface area (Å²) in [6.45, 7) is 0. The molecule has 248 valence electrons. The predicted molar refractivity (Wildman–Crippen MR) is 199 cm³/mol. The summed E-state index contributed by atoms with van der Waals surface area (Å²) in [6.07, 6.45) is 51.0. The van der Waals surface area contributed by atoms with Crippen LogP contribution in [-0.4, -0.2) is 12.7 Å². The predicted octanol–water partition coefficient (Wildman–Crippen LogP) is 15.7. The summed E-state index contributed by atoms with van der Waals surface area (Å²) in [5, 5.41) is 1.18. The van der Waals surface area contributed by atoms with Gasteiger partial charge in [0, 0.05) is 5.33 Å². The van der Waals surface area contributed by atoms with Gasteiger partial charge in [0.2, 0.25) is 7.42 Å². The molecule has 4 heteroatoms. The summed E-state index contributed by atoms with van der Waals surface area (Å²) in [5.41, 5.74) is 0. The van der Waals surface area contributed by atoms with Crippen LogP contribution in [0.3, 0.4) is 0 Å². The Morgan fingerprint density at radius 3 is 0.537 bits per heavy atom. The number of hydrogen-bond donors (Lipinski definition) is 0. The molecule has 0 N–H and O–H groups in total. The normalized spacial score (nSPS) is 11.7. The van der Waals surface area contributed by atoms with E-state index in [1.807, 2.05) is 0 Å². The molecule has 0 fully saturated rings. The summed E-state index contributed by atoms with van der Waals surface area (Å²) in [7, 11) is -1.34. The van der Waals surface area contributed by atoms with E-state index in [0.717, 1.165) is 6.04 Å². The van der Waals surface area contributed by atoms with Gasteiger partial charge in [-0.2, -0.15) is 22.2 Å². The maximum absolute atomic E-state index is 5.91. The Morgan fingerprint density at radius 1 is 0.244 bits per heavy atom. The van der Waals surface area contributed by atoms with E-state index in [1.54, 1.807) is 0 Å². The number of halogens is 3. The van der Waals surface area contributed by atoms with Crippen molar-refractivity contribution in [2.45, 2.75) is 231 Å². The fraction of sp³-hybridized carbons (Fsp3) is 1.00. The quantitative estimate of drug-likeness (QED) is 0.0262. The Morgan fingerprint density at radius 2 is 0.390 bits per heavy atom. The average Bonchev–Trinajstić information content (AvgIpc) is 2.97. The standard InChI is InChI=1S/C37H75BrCl2Si/c38-36-34-32-30-28-26-24-22-20-18-16-14-12-10-8-6-4-2-1-3-5-7-9-11-13-15-17-19-21-23-25-27-29-31-33-35-37-41(39)40/h41H,1-37H2. The molecular formula is C37H75BrCl2Si. The lowest BCUT2D eigenvalue weighted by Crippen LogP contribution is -1.91. The van der Waals surface area contributed by atoms with E-state index < -0.39 is 7.42 Å². The first kappa shape index (κ1) is 42.3. The molecular weight excluding hydrogens is 623 g/mol. The molecule has 0 bridgehead atoms. The van der Waals surface area contributed by atoms with Crippen molar-refractivity contribution >= 4 is 45.5 Å². The van der Waals surface area contributed by atoms with E-state index in [2.05, 4.69) is 15.9 Å². The highest BCUT2D eigenvalue weighted by Gasteiger charge is 2.01. The van der Waals surface area contributed by atoms with Crippen molar-refractivity contribution in [1.29, 1.82) is 0 Å². The molecule has 0 aromatic heterocycles. The van der Waals surface area contributed by atoms with Crippen molar-refractivity contribution in [1.82, 2.24) is 0 Å². The molecule has 0 aliphatic rings. The van der Waals surface area contributed by atoms with Gasteiger partial charge < -0.3 is 0 Å². The van der Waals surface area contributed by atoms with Crippen LogP contribution in [0.2, 0.25) is 6.04 Å². The second-order valence-electron chi connectivity index (χ2n) is 13.2.